The summed E-state index contributed by atoms with van der Waals surface area (Å²) in [4.78, 5) is 27.0. The smallest absolute Gasteiger partial charge is 0.326 e. The van der Waals surface area contributed by atoms with Crippen molar-refractivity contribution in [1.29, 1.82) is 0 Å². The molecule has 0 aliphatic heterocycles. The van der Waals surface area contributed by atoms with Crippen molar-refractivity contribution in [2.24, 2.45) is 0 Å². The number of nitrogens with one attached hydrogen (secondary N) is 2. The monoisotopic (exact) mass is 285 g/mol. The molecule has 0 spiro atoms. The summed E-state index contributed by atoms with van der Waals surface area (Å²) in [5, 5.41) is 14.1. The summed E-state index contributed by atoms with van der Waals surface area (Å²) >= 11 is 0. The lowest BCUT2D eigenvalue weighted by atomic mass is 10.1. The highest BCUT2D eigenvalue weighted by Gasteiger charge is 2.20. The van der Waals surface area contributed by atoms with Crippen LogP contribution >= 0.6 is 0 Å². The van der Waals surface area contributed by atoms with Crippen LogP contribution in [0.3, 0.4) is 0 Å². The summed E-state index contributed by atoms with van der Waals surface area (Å²) in [6.07, 6.45) is 1.75. The van der Waals surface area contributed by atoms with Gasteiger partial charge in [-0.1, -0.05) is 36.4 Å². The molecule has 1 aromatic heterocycles. The van der Waals surface area contributed by atoms with E-state index >= 15 is 0 Å². The summed E-state index contributed by atoms with van der Waals surface area (Å²) in [6.45, 7) is 0. The van der Waals surface area contributed by atoms with Crippen LogP contribution in [0.4, 0.5) is 10.6 Å². The fraction of sp³-hybridized carbons (Fsp3) is 0.133. The van der Waals surface area contributed by atoms with Gasteiger partial charge in [0.25, 0.3) is 0 Å². The third-order valence-corrected chi connectivity index (χ3v) is 2.79. The Balaban J connectivity index is 1.96. The average Bonchev–Trinajstić information content (AvgIpc) is 2.48. The van der Waals surface area contributed by atoms with Crippen LogP contribution in [0.2, 0.25) is 0 Å². The number of nitrogens with zero attached hydrogens (tertiary/aromatic N) is 1. The Morgan fingerprint density at radius 2 is 1.81 bits per heavy atom. The molecule has 1 atom stereocenters. The fourth-order valence-corrected chi connectivity index (χ4v) is 1.80. The first kappa shape index (κ1) is 14.5. The van der Waals surface area contributed by atoms with Crippen LogP contribution in [-0.2, 0) is 11.2 Å². The lowest BCUT2D eigenvalue weighted by Gasteiger charge is -2.15. The van der Waals surface area contributed by atoms with Gasteiger partial charge in [-0.3, -0.25) is 5.32 Å². The highest BCUT2D eigenvalue weighted by atomic mass is 16.4. The van der Waals surface area contributed by atoms with Gasteiger partial charge in [0.1, 0.15) is 11.9 Å². The maximum atomic E-state index is 11.8. The quantitative estimate of drug-likeness (QED) is 0.782. The van der Waals surface area contributed by atoms with E-state index in [0.29, 0.717) is 5.82 Å². The molecule has 21 heavy (non-hydrogen) atoms. The fourth-order valence-electron chi connectivity index (χ4n) is 1.80. The Labute approximate surface area is 121 Å². The summed E-state index contributed by atoms with van der Waals surface area (Å²) in [7, 11) is 0. The second-order valence-corrected chi connectivity index (χ2v) is 4.39. The Morgan fingerprint density at radius 3 is 2.43 bits per heavy atom. The lowest BCUT2D eigenvalue weighted by molar-refractivity contribution is -0.139. The number of carboxylic acids is 1. The molecular weight excluding hydrogens is 270 g/mol. The molecule has 0 fully saturated rings. The molecule has 6 nitrogen and oxygen atoms in total. The van der Waals surface area contributed by atoms with Crippen LogP contribution in [0.25, 0.3) is 0 Å². The normalized spacial score (nSPS) is 11.4. The van der Waals surface area contributed by atoms with E-state index in [1.54, 1.807) is 18.2 Å². The first-order valence-electron chi connectivity index (χ1n) is 6.40. The van der Waals surface area contributed by atoms with E-state index in [4.69, 9.17) is 0 Å². The van der Waals surface area contributed by atoms with Crippen LogP contribution in [0.15, 0.2) is 54.7 Å². The van der Waals surface area contributed by atoms with Crippen LogP contribution in [0, 0.1) is 0 Å². The molecular formula is C15H15N3O3. The van der Waals surface area contributed by atoms with Gasteiger partial charge < -0.3 is 10.4 Å². The predicted octanol–water partition coefficient (Wildman–Crippen LogP) is 1.90. The first-order valence-corrected chi connectivity index (χ1v) is 6.40. The Bertz CT molecular complexity index is 602. The molecule has 0 radical (unpaired) electrons. The Kier molecular flexibility index (Phi) is 4.87. The molecule has 6 heteroatoms. The minimum Gasteiger partial charge on any atom is -0.480 e. The molecule has 3 N–H and O–H groups in total. The summed E-state index contributed by atoms with van der Waals surface area (Å²) in [5.41, 5.74) is 0.836. The molecule has 0 unspecified atom stereocenters. The number of aliphatic carboxylic acids is 1. The minimum atomic E-state index is -1.09. The van der Waals surface area contributed by atoms with Gasteiger partial charge in [0.15, 0.2) is 0 Å². The average molecular weight is 285 g/mol. The first-order chi connectivity index (χ1) is 10.1. The van der Waals surface area contributed by atoms with Crippen LogP contribution in [0.5, 0.6) is 0 Å². The number of hydrogen-bond donors (Lipinski definition) is 3. The van der Waals surface area contributed by atoms with E-state index < -0.39 is 18.0 Å². The Hall–Kier alpha value is -2.89. The topological polar surface area (TPSA) is 91.3 Å². The number of carboxylic acid groups (broad SMARTS) is 1. The number of pyridine rings is 1. The second-order valence-electron chi connectivity index (χ2n) is 4.39. The molecule has 2 aromatic rings. The number of rotatable bonds is 5. The number of amides is 2. The maximum absolute atomic E-state index is 11.8. The van der Waals surface area contributed by atoms with Gasteiger partial charge in [-0.05, 0) is 17.7 Å². The summed E-state index contributed by atoms with van der Waals surface area (Å²) in [5.74, 6) is -0.728. The van der Waals surface area contributed by atoms with Crippen molar-refractivity contribution in [2.45, 2.75) is 12.5 Å². The van der Waals surface area contributed by atoms with E-state index in [-0.39, 0.29) is 6.42 Å². The summed E-state index contributed by atoms with van der Waals surface area (Å²) in [6, 6.07) is 12.6. The number of benzene rings is 1. The second kappa shape index (κ2) is 7.04. The van der Waals surface area contributed by atoms with Gasteiger partial charge in [0.05, 0.1) is 0 Å². The van der Waals surface area contributed by atoms with Gasteiger partial charge in [0.2, 0.25) is 0 Å². The van der Waals surface area contributed by atoms with E-state index in [0.717, 1.165) is 5.56 Å². The van der Waals surface area contributed by atoms with Crippen LogP contribution < -0.4 is 10.6 Å². The third-order valence-electron chi connectivity index (χ3n) is 2.79. The zero-order chi connectivity index (χ0) is 15.1. The zero-order valence-electron chi connectivity index (χ0n) is 11.2. The van der Waals surface area contributed by atoms with Gasteiger partial charge in [-0.2, -0.15) is 0 Å². The molecule has 2 amide bonds. The zero-order valence-corrected chi connectivity index (χ0v) is 11.2. The molecule has 0 saturated heterocycles. The molecule has 0 aliphatic rings. The largest absolute Gasteiger partial charge is 0.480 e. The van der Waals surface area contributed by atoms with Crippen molar-refractivity contribution in [1.82, 2.24) is 10.3 Å². The lowest BCUT2D eigenvalue weighted by Crippen LogP contribution is -2.44. The summed E-state index contributed by atoms with van der Waals surface area (Å²) < 4.78 is 0. The van der Waals surface area contributed by atoms with Gasteiger partial charge in [-0.15, -0.1) is 0 Å². The van der Waals surface area contributed by atoms with E-state index in [2.05, 4.69) is 15.6 Å². The minimum absolute atomic E-state index is 0.214. The molecule has 108 valence electrons. The molecule has 2 rings (SSSR count). The molecule has 0 saturated carbocycles. The van der Waals surface area contributed by atoms with Crippen molar-refractivity contribution < 1.29 is 14.7 Å². The van der Waals surface area contributed by atoms with Crippen LogP contribution in [0.1, 0.15) is 5.56 Å². The van der Waals surface area contributed by atoms with Crippen molar-refractivity contribution in [3.63, 3.8) is 0 Å². The van der Waals surface area contributed by atoms with E-state index in [1.807, 2.05) is 30.3 Å². The van der Waals surface area contributed by atoms with Crippen molar-refractivity contribution in [2.75, 3.05) is 5.32 Å². The number of anilines is 1. The number of hydrogen-bond acceptors (Lipinski definition) is 3. The van der Waals surface area contributed by atoms with Crippen LogP contribution in [-0.4, -0.2) is 28.1 Å². The third kappa shape index (κ3) is 4.61. The SMILES string of the molecule is O=C(Nc1ccccn1)N[C@@H](Cc1ccccc1)C(=O)O. The highest BCUT2D eigenvalue weighted by molar-refractivity contribution is 5.91. The van der Waals surface area contributed by atoms with Gasteiger partial charge in [-0.25, -0.2) is 14.6 Å². The van der Waals surface area contributed by atoms with E-state index in [9.17, 15) is 14.7 Å². The standard InChI is InChI=1S/C15H15N3O3/c19-14(20)12(10-11-6-2-1-3-7-11)17-15(21)18-13-8-4-5-9-16-13/h1-9,12H,10H2,(H,19,20)(H2,16,17,18,21)/t12-/m0/s1. The van der Waals surface area contributed by atoms with Crippen molar-refractivity contribution >= 4 is 17.8 Å². The molecule has 1 heterocycles. The number of urea groups is 1. The van der Waals surface area contributed by atoms with Crippen molar-refractivity contribution in [3.05, 3.63) is 60.3 Å². The number of aromatic nitrogens is 1. The molecule has 0 aliphatic carbocycles. The van der Waals surface area contributed by atoms with Gasteiger partial charge in [0, 0.05) is 12.6 Å². The number of carbonyl (C=O) groups is 2. The maximum Gasteiger partial charge on any atom is 0.326 e. The Morgan fingerprint density at radius 1 is 1.10 bits per heavy atom. The van der Waals surface area contributed by atoms with Crippen molar-refractivity contribution in [3.8, 4) is 0 Å². The number of carbonyl (C=O) groups excluding carboxylic acids is 1. The van der Waals surface area contributed by atoms with E-state index in [1.165, 1.54) is 6.20 Å². The van der Waals surface area contributed by atoms with Gasteiger partial charge >= 0.3 is 12.0 Å². The highest BCUT2D eigenvalue weighted by Crippen LogP contribution is 2.04. The molecule has 1 aromatic carbocycles. The molecule has 0 bridgehead atoms. The predicted molar refractivity (Wildman–Crippen MR) is 78.0 cm³/mol.